The molecule has 0 aliphatic rings. The molecule has 0 saturated carbocycles. The molecule has 0 saturated heterocycles. The molecule has 1 aromatic heterocycles. The predicted octanol–water partition coefficient (Wildman–Crippen LogP) is 0.335. The molecule has 1 aromatic rings. The van der Waals surface area contributed by atoms with Gasteiger partial charge >= 0.3 is 0 Å². The highest BCUT2D eigenvalue weighted by atomic mass is 32.2. The van der Waals surface area contributed by atoms with Gasteiger partial charge in [-0.1, -0.05) is 13.8 Å². The van der Waals surface area contributed by atoms with Crippen LogP contribution in [-0.4, -0.2) is 24.7 Å². The Morgan fingerprint density at radius 2 is 2.12 bits per heavy atom. The maximum absolute atomic E-state index is 12.0. The van der Waals surface area contributed by atoms with Crippen molar-refractivity contribution < 1.29 is 8.42 Å². The first-order chi connectivity index (χ1) is 7.55. The van der Waals surface area contributed by atoms with Crippen LogP contribution in [0.4, 0.5) is 0 Å². The molecule has 16 heavy (non-hydrogen) atoms. The van der Waals surface area contributed by atoms with E-state index in [4.69, 9.17) is 5.73 Å². The maximum Gasteiger partial charge on any atom is 0.258 e. The minimum Gasteiger partial charge on any atom is -0.326 e. The van der Waals surface area contributed by atoms with Gasteiger partial charge in [-0.05, 0) is 12.8 Å². The van der Waals surface area contributed by atoms with Crippen LogP contribution in [0, 0.1) is 0 Å². The van der Waals surface area contributed by atoms with Crippen LogP contribution in [-0.2, 0) is 16.6 Å². The number of hydrogen-bond acceptors (Lipinski definition) is 4. The van der Waals surface area contributed by atoms with Gasteiger partial charge in [0.15, 0.2) is 5.03 Å². The third-order valence-corrected chi connectivity index (χ3v) is 4.01. The van der Waals surface area contributed by atoms with E-state index in [0.29, 0.717) is 5.56 Å². The van der Waals surface area contributed by atoms with Gasteiger partial charge in [-0.2, -0.15) is 5.10 Å². The lowest BCUT2D eigenvalue weighted by Crippen LogP contribution is -2.34. The number of aromatic amines is 1. The molecular formula is C9H18N4O2S. The van der Waals surface area contributed by atoms with Crippen LogP contribution in [0.3, 0.4) is 0 Å². The molecule has 6 nitrogen and oxygen atoms in total. The van der Waals surface area contributed by atoms with E-state index in [9.17, 15) is 8.42 Å². The van der Waals surface area contributed by atoms with Crippen molar-refractivity contribution in [1.29, 1.82) is 0 Å². The second kappa shape index (κ2) is 5.42. The average Bonchev–Trinajstić information content (AvgIpc) is 2.74. The van der Waals surface area contributed by atoms with Gasteiger partial charge in [0, 0.05) is 18.2 Å². The monoisotopic (exact) mass is 246 g/mol. The van der Waals surface area contributed by atoms with Crippen LogP contribution >= 0.6 is 0 Å². The molecule has 0 amide bonds. The van der Waals surface area contributed by atoms with E-state index in [-0.39, 0.29) is 17.6 Å². The van der Waals surface area contributed by atoms with E-state index in [1.165, 1.54) is 6.20 Å². The second-order valence-corrected chi connectivity index (χ2v) is 5.21. The SMILES string of the molecule is CCC(CC)NS(=O)(=O)c1[nH]ncc1CN. The first-order valence-electron chi connectivity index (χ1n) is 5.29. The van der Waals surface area contributed by atoms with E-state index in [2.05, 4.69) is 14.9 Å². The largest absolute Gasteiger partial charge is 0.326 e. The number of aromatic nitrogens is 2. The van der Waals surface area contributed by atoms with Crippen molar-refractivity contribution in [2.75, 3.05) is 0 Å². The van der Waals surface area contributed by atoms with Crippen molar-refractivity contribution in [1.82, 2.24) is 14.9 Å². The summed E-state index contributed by atoms with van der Waals surface area (Å²) in [5.74, 6) is 0. The van der Waals surface area contributed by atoms with Crippen molar-refractivity contribution in [2.24, 2.45) is 5.73 Å². The molecule has 1 rings (SSSR count). The van der Waals surface area contributed by atoms with Crippen LogP contribution in [0.25, 0.3) is 0 Å². The van der Waals surface area contributed by atoms with Gasteiger partial charge in [0.05, 0.1) is 6.20 Å². The summed E-state index contributed by atoms with van der Waals surface area (Å²) in [6, 6.07) is -0.0566. The number of nitrogens with one attached hydrogen (secondary N) is 2. The Labute approximate surface area is 95.7 Å². The van der Waals surface area contributed by atoms with Gasteiger partial charge in [0.1, 0.15) is 0 Å². The van der Waals surface area contributed by atoms with E-state index < -0.39 is 10.0 Å². The Morgan fingerprint density at radius 1 is 1.50 bits per heavy atom. The third-order valence-electron chi connectivity index (χ3n) is 2.47. The molecule has 0 fully saturated rings. The minimum atomic E-state index is -3.53. The zero-order valence-corrected chi connectivity index (χ0v) is 10.3. The zero-order chi connectivity index (χ0) is 12.2. The van der Waals surface area contributed by atoms with Crippen LogP contribution in [0.2, 0.25) is 0 Å². The highest BCUT2D eigenvalue weighted by Crippen LogP contribution is 2.12. The van der Waals surface area contributed by atoms with Crippen molar-refractivity contribution >= 4 is 10.0 Å². The third kappa shape index (κ3) is 2.81. The molecule has 1 heterocycles. The topological polar surface area (TPSA) is 101 Å². The summed E-state index contributed by atoms with van der Waals surface area (Å²) in [7, 11) is -3.53. The van der Waals surface area contributed by atoms with Crippen molar-refractivity contribution in [3.63, 3.8) is 0 Å². The maximum atomic E-state index is 12.0. The lowest BCUT2D eigenvalue weighted by Gasteiger charge is -2.14. The summed E-state index contributed by atoms with van der Waals surface area (Å²) in [6.07, 6.45) is 2.94. The molecule has 0 aliphatic heterocycles. The molecule has 0 bridgehead atoms. The van der Waals surface area contributed by atoms with E-state index in [0.717, 1.165) is 12.8 Å². The number of nitrogens with two attached hydrogens (primary N) is 1. The number of hydrogen-bond donors (Lipinski definition) is 3. The fourth-order valence-corrected chi connectivity index (χ4v) is 2.96. The standard InChI is InChI=1S/C9H18N4O2S/c1-3-8(4-2)13-16(14,15)9-7(5-10)6-11-12-9/h6,8,13H,3-5,10H2,1-2H3,(H,11,12). The molecule has 4 N–H and O–H groups in total. The molecule has 0 aromatic carbocycles. The van der Waals surface area contributed by atoms with Crippen molar-refractivity contribution in [3.8, 4) is 0 Å². The summed E-state index contributed by atoms with van der Waals surface area (Å²) in [5.41, 5.74) is 5.93. The number of nitrogens with zero attached hydrogens (tertiary/aromatic N) is 1. The Balaban J connectivity index is 2.94. The minimum absolute atomic E-state index is 0.0566. The molecule has 0 aliphatic carbocycles. The van der Waals surface area contributed by atoms with E-state index >= 15 is 0 Å². The normalized spacial score (nSPS) is 12.2. The summed E-state index contributed by atoms with van der Waals surface area (Å²) in [4.78, 5) is 0. The molecule has 92 valence electrons. The Bertz CT molecular complexity index is 422. The van der Waals surface area contributed by atoms with Gasteiger partial charge in [-0.25, -0.2) is 13.1 Å². The molecule has 0 spiro atoms. The first kappa shape index (κ1) is 13.1. The summed E-state index contributed by atoms with van der Waals surface area (Å²) in [6.45, 7) is 4.02. The fourth-order valence-electron chi connectivity index (χ4n) is 1.41. The first-order valence-corrected chi connectivity index (χ1v) is 6.78. The Morgan fingerprint density at radius 3 is 2.62 bits per heavy atom. The highest BCUT2D eigenvalue weighted by molar-refractivity contribution is 7.89. The van der Waals surface area contributed by atoms with Crippen molar-refractivity contribution in [3.05, 3.63) is 11.8 Å². The Hall–Kier alpha value is -0.920. The summed E-state index contributed by atoms with van der Waals surface area (Å²) in [5, 5.41) is 6.24. The molecule has 0 radical (unpaired) electrons. The number of rotatable bonds is 6. The molecule has 0 atom stereocenters. The van der Waals surface area contributed by atoms with Crippen LogP contribution in [0.15, 0.2) is 11.2 Å². The number of H-pyrrole nitrogens is 1. The zero-order valence-electron chi connectivity index (χ0n) is 9.53. The molecule has 7 heteroatoms. The summed E-state index contributed by atoms with van der Waals surface area (Å²) < 4.78 is 26.5. The van der Waals surface area contributed by atoms with Gasteiger partial charge in [0.2, 0.25) is 0 Å². The van der Waals surface area contributed by atoms with Crippen LogP contribution in [0.5, 0.6) is 0 Å². The van der Waals surface area contributed by atoms with Crippen LogP contribution in [0.1, 0.15) is 32.3 Å². The quantitative estimate of drug-likeness (QED) is 0.673. The lowest BCUT2D eigenvalue weighted by molar-refractivity contribution is 0.526. The Kier molecular flexibility index (Phi) is 4.45. The lowest BCUT2D eigenvalue weighted by atomic mass is 10.2. The van der Waals surface area contributed by atoms with Gasteiger partial charge in [-0.15, -0.1) is 0 Å². The van der Waals surface area contributed by atoms with Gasteiger partial charge in [0.25, 0.3) is 10.0 Å². The second-order valence-electron chi connectivity index (χ2n) is 3.56. The van der Waals surface area contributed by atoms with E-state index in [1.807, 2.05) is 13.8 Å². The molecule has 0 unspecified atom stereocenters. The van der Waals surface area contributed by atoms with Crippen molar-refractivity contribution in [2.45, 2.75) is 44.3 Å². The van der Waals surface area contributed by atoms with E-state index in [1.54, 1.807) is 0 Å². The van der Waals surface area contributed by atoms with Gasteiger partial charge in [-0.3, -0.25) is 5.10 Å². The summed E-state index contributed by atoms with van der Waals surface area (Å²) >= 11 is 0. The van der Waals surface area contributed by atoms with Crippen LogP contribution < -0.4 is 10.5 Å². The highest BCUT2D eigenvalue weighted by Gasteiger charge is 2.22. The fraction of sp³-hybridized carbons (Fsp3) is 0.667. The molecular weight excluding hydrogens is 228 g/mol. The smallest absolute Gasteiger partial charge is 0.258 e. The predicted molar refractivity (Wildman–Crippen MR) is 61.2 cm³/mol. The van der Waals surface area contributed by atoms with Gasteiger partial charge < -0.3 is 5.73 Å². The number of sulfonamides is 1. The average molecular weight is 246 g/mol.